The van der Waals surface area contributed by atoms with Crippen LogP contribution in [0.15, 0.2) is 46.9 Å². The van der Waals surface area contributed by atoms with Crippen molar-refractivity contribution in [1.29, 1.82) is 0 Å². The summed E-state index contributed by atoms with van der Waals surface area (Å²) in [6, 6.07) is 12.8. The molecule has 1 fully saturated rings. The van der Waals surface area contributed by atoms with Crippen LogP contribution in [-0.4, -0.2) is 54.7 Å². The van der Waals surface area contributed by atoms with Gasteiger partial charge in [-0.15, -0.1) is 11.8 Å². The molecule has 4 rings (SSSR count). The molecule has 1 saturated heterocycles. The summed E-state index contributed by atoms with van der Waals surface area (Å²) in [7, 11) is 0. The van der Waals surface area contributed by atoms with Crippen molar-refractivity contribution in [2.24, 2.45) is 0 Å². The fourth-order valence-corrected chi connectivity index (χ4v) is 5.50. The first-order valence-electron chi connectivity index (χ1n) is 11.4. The van der Waals surface area contributed by atoms with Gasteiger partial charge in [-0.25, -0.2) is 0 Å². The number of benzene rings is 2. The summed E-state index contributed by atoms with van der Waals surface area (Å²) in [5.74, 6) is 0.0543. The van der Waals surface area contributed by atoms with Crippen molar-refractivity contribution in [2.45, 2.75) is 38.0 Å². The van der Waals surface area contributed by atoms with E-state index in [-0.39, 0.29) is 5.91 Å². The molecule has 2 aliphatic rings. The summed E-state index contributed by atoms with van der Waals surface area (Å²) in [5.41, 5.74) is 7.30. The zero-order chi connectivity index (χ0) is 22.7. The Bertz CT molecular complexity index is 1030. The van der Waals surface area contributed by atoms with Crippen LogP contribution in [0.5, 0.6) is 0 Å². The molecule has 1 N–H and O–H groups in total. The van der Waals surface area contributed by atoms with Gasteiger partial charge in [-0.2, -0.15) is 0 Å². The molecule has 0 spiro atoms. The van der Waals surface area contributed by atoms with E-state index in [1.807, 2.05) is 17.8 Å². The summed E-state index contributed by atoms with van der Waals surface area (Å²) in [4.78, 5) is 18.1. The molecule has 32 heavy (non-hydrogen) atoms. The van der Waals surface area contributed by atoms with Crippen LogP contribution in [0.2, 0.25) is 5.02 Å². The molecule has 6 heteroatoms. The highest BCUT2D eigenvalue weighted by molar-refractivity contribution is 7.98. The van der Waals surface area contributed by atoms with Gasteiger partial charge < -0.3 is 10.2 Å². The molecule has 0 aliphatic carbocycles. The quantitative estimate of drug-likeness (QED) is 0.538. The molecule has 0 radical (unpaired) electrons. The van der Waals surface area contributed by atoms with E-state index in [1.165, 1.54) is 21.7 Å². The fraction of sp³-hybridized carbons (Fsp3) is 0.423. The molecule has 2 heterocycles. The first kappa shape index (κ1) is 23.2. The van der Waals surface area contributed by atoms with E-state index < -0.39 is 0 Å². The molecule has 1 amide bonds. The van der Waals surface area contributed by atoms with Crippen LogP contribution in [0.3, 0.4) is 0 Å². The van der Waals surface area contributed by atoms with Gasteiger partial charge >= 0.3 is 0 Å². The Balaban J connectivity index is 1.40. The average molecular weight is 470 g/mol. The van der Waals surface area contributed by atoms with Crippen LogP contribution in [0.1, 0.15) is 37.0 Å². The molecule has 2 aliphatic heterocycles. The van der Waals surface area contributed by atoms with E-state index in [1.54, 1.807) is 0 Å². The second-order valence-electron chi connectivity index (χ2n) is 8.59. The lowest BCUT2D eigenvalue weighted by Crippen LogP contribution is -2.46. The fourth-order valence-electron chi connectivity index (χ4n) is 4.64. The van der Waals surface area contributed by atoms with Gasteiger partial charge in [0.1, 0.15) is 0 Å². The predicted molar refractivity (Wildman–Crippen MR) is 137 cm³/mol. The first-order chi connectivity index (χ1) is 15.5. The van der Waals surface area contributed by atoms with Gasteiger partial charge in [0.05, 0.1) is 6.42 Å². The minimum atomic E-state index is 0.0543. The molecule has 170 valence electrons. The molecule has 2 aromatic carbocycles. The minimum absolute atomic E-state index is 0.0543. The molecule has 0 bridgehead atoms. The molecule has 0 unspecified atom stereocenters. The Morgan fingerprint density at radius 3 is 2.62 bits per heavy atom. The lowest BCUT2D eigenvalue weighted by molar-refractivity contribution is -0.115. The number of anilines is 1. The maximum absolute atomic E-state index is 11.7. The Hall–Kier alpha value is -1.95. The van der Waals surface area contributed by atoms with E-state index in [2.05, 4.69) is 65.6 Å². The van der Waals surface area contributed by atoms with Crippen LogP contribution in [0.4, 0.5) is 5.69 Å². The second-order valence-corrected chi connectivity index (χ2v) is 9.84. The van der Waals surface area contributed by atoms with Crippen molar-refractivity contribution in [1.82, 2.24) is 9.80 Å². The van der Waals surface area contributed by atoms with Crippen LogP contribution in [-0.2, 0) is 17.6 Å². The van der Waals surface area contributed by atoms with Gasteiger partial charge in [0.2, 0.25) is 5.91 Å². The summed E-state index contributed by atoms with van der Waals surface area (Å²) < 4.78 is 0. The zero-order valence-electron chi connectivity index (χ0n) is 19.2. The van der Waals surface area contributed by atoms with Crippen LogP contribution in [0, 0.1) is 0 Å². The van der Waals surface area contributed by atoms with E-state index in [0.29, 0.717) is 6.42 Å². The van der Waals surface area contributed by atoms with Gasteiger partial charge in [-0.05, 0) is 54.9 Å². The lowest BCUT2D eigenvalue weighted by atomic mass is 10.0. The van der Waals surface area contributed by atoms with Crippen molar-refractivity contribution in [3.63, 3.8) is 0 Å². The standard InChI is InChI=1S/C26H32ClN3OS/c1-4-18(2)26(21-7-5-6-8-24(21)32-3)30-13-11-29(12-14-30)10-9-19-15-20-16-25(31)28-23(20)17-22(19)27/h5-8,15,17H,4,9-14,16H2,1-3H3,(H,28,31)/b26-18+. The monoisotopic (exact) mass is 469 g/mol. The number of nitrogens with zero attached hydrogens (tertiary/aromatic N) is 2. The van der Waals surface area contributed by atoms with Crippen LogP contribution < -0.4 is 5.32 Å². The molecular formula is C26H32ClN3OS. The van der Waals surface area contributed by atoms with E-state index in [9.17, 15) is 4.79 Å². The van der Waals surface area contributed by atoms with Gasteiger partial charge in [0, 0.05) is 59.6 Å². The minimum Gasteiger partial charge on any atom is -0.368 e. The normalized spacial score (nSPS) is 17.2. The number of fused-ring (bicyclic) bond motifs is 1. The average Bonchev–Trinajstić information content (AvgIpc) is 3.17. The maximum Gasteiger partial charge on any atom is 0.228 e. The molecular weight excluding hydrogens is 438 g/mol. The van der Waals surface area contributed by atoms with Crippen molar-refractivity contribution in [3.05, 3.63) is 63.7 Å². The number of hydrogen-bond donors (Lipinski definition) is 1. The van der Waals surface area contributed by atoms with E-state index >= 15 is 0 Å². The Morgan fingerprint density at radius 1 is 1.16 bits per heavy atom. The summed E-state index contributed by atoms with van der Waals surface area (Å²) in [5, 5.41) is 3.63. The summed E-state index contributed by atoms with van der Waals surface area (Å²) >= 11 is 8.32. The van der Waals surface area contributed by atoms with Gasteiger partial charge in [-0.3, -0.25) is 9.69 Å². The predicted octanol–water partition coefficient (Wildman–Crippen LogP) is 5.56. The Kier molecular flexibility index (Phi) is 7.49. The third-order valence-corrected chi connectivity index (χ3v) is 7.73. The first-order valence-corrected chi connectivity index (χ1v) is 13.0. The number of rotatable bonds is 7. The number of allylic oxidation sites excluding steroid dienone is 1. The number of halogens is 1. The molecule has 0 aromatic heterocycles. The van der Waals surface area contributed by atoms with Gasteiger partial charge in [-0.1, -0.05) is 42.8 Å². The second kappa shape index (κ2) is 10.3. The number of nitrogens with one attached hydrogen (secondary N) is 1. The summed E-state index contributed by atoms with van der Waals surface area (Å²) in [6.45, 7) is 9.67. The largest absolute Gasteiger partial charge is 0.368 e. The SMILES string of the molecule is CC/C(C)=C(\c1ccccc1SC)N1CCN(CCc2cc3c(cc2Cl)NC(=O)C3)CC1. The Morgan fingerprint density at radius 2 is 1.91 bits per heavy atom. The number of carbonyl (C=O) groups excluding carboxylic acids is 1. The number of thioether (sulfide) groups is 1. The van der Waals surface area contributed by atoms with Crippen molar-refractivity contribution in [3.8, 4) is 0 Å². The third kappa shape index (κ3) is 5.00. The highest BCUT2D eigenvalue weighted by atomic mass is 35.5. The topological polar surface area (TPSA) is 35.6 Å². The number of hydrogen-bond acceptors (Lipinski definition) is 4. The van der Waals surface area contributed by atoms with Crippen LogP contribution in [0.25, 0.3) is 5.70 Å². The van der Waals surface area contributed by atoms with Crippen molar-refractivity contribution < 1.29 is 4.79 Å². The number of piperazine rings is 1. The van der Waals surface area contributed by atoms with Crippen molar-refractivity contribution in [2.75, 3.05) is 44.3 Å². The van der Waals surface area contributed by atoms with E-state index in [0.717, 1.165) is 67.4 Å². The molecule has 4 nitrogen and oxygen atoms in total. The molecule has 0 saturated carbocycles. The van der Waals surface area contributed by atoms with Crippen LogP contribution >= 0.6 is 23.4 Å². The lowest BCUT2D eigenvalue weighted by Gasteiger charge is -2.38. The molecule has 2 aromatic rings. The van der Waals surface area contributed by atoms with Gasteiger partial charge in [0.25, 0.3) is 0 Å². The molecule has 0 atom stereocenters. The zero-order valence-corrected chi connectivity index (χ0v) is 20.8. The highest BCUT2D eigenvalue weighted by Gasteiger charge is 2.23. The Labute approximate surface area is 201 Å². The number of amides is 1. The highest BCUT2D eigenvalue weighted by Crippen LogP contribution is 2.33. The summed E-state index contributed by atoms with van der Waals surface area (Å²) in [6.07, 6.45) is 4.59. The maximum atomic E-state index is 11.7. The van der Waals surface area contributed by atoms with E-state index in [4.69, 9.17) is 11.6 Å². The van der Waals surface area contributed by atoms with Gasteiger partial charge in [0.15, 0.2) is 0 Å². The smallest absolute Gasteiger partial charge is 0.228 e. The number of carbonyl (C=O) groups is 1. The third-order valence-electron chi connectivity index (χ3n) is 6.58. The van der Waals surface area contributed by atoms with Crippen molar-refractivity contribution >= 4 is 40.7 Å².